The zero-order chi connectivity index (χ0) is 18.4. The van der Waals surface area contributed by atoms with Crippen LogP contribution in [-0.2, 0) is 34.0 Å². The van der Waals surface area contributed by atoms with Crippen LogP contribution in [0.4, 0.5) is 0 Å². The molecule has 1 fully saturated rings. The van der Waals surface area contributed by atoms with Gasteiger partial charge in [-0.05, 0) is 74.4 Å². The SMILES string of the molecule is O=C(NCc1cc2c(s1)CCCC2)C1(S(=O)(=O)c2ccc(Cl)cc2)CC1. The van der Waals surface area contributed by atoms with E-state index in [-0.39, 0.29) is 10.8 Å². The van der Waals surface area contributed by atoms with Gasteiger partial charge in [0.1, 0.15) is 0 Å². The number of nitrogens with one attached hydrogen (secondary N) is 1. The molecule has 4 nitrogen and oxygen atoms in total. The monoisotopic (exact) mass is 409 g/mol. The molecule has 0 aliphatic heterocycles. The van der Waals surface area contributed by atoms with Crippen molar-refractivity contribution in [3.63, 3.8) is 0 Å². The lowest BCUT2D eigenvalue weighted by Gasteiger charge is -2.16. The Balaban J connectivity index is 1.48. The second kappa shape index (κ2) is 6.66. The Labute approximate surface area is 162 Å². The van der Waals surface area contributed by atoms with E-state index in [9.17, 15) is 13.2 Å². The van der Waals surface area contributed by atoms with Gasteiger partial charge in [0.2, 0.25) is 5.91 Å². The molecule has 1 N–H and O–H groups in total. The highest BCUT2D eigenvalue weighted by molar-refractivity contribution is 7.94. The van der Waals surface area contributed by atoms with Gasteiger partial charge in [-0.3, -0.25) is 4.79 Å². The molecule has 2 aromatic rings. The third-order valence-corrected chi connectivity index (χ3v) is 9.23. The number of rotatable bonds is 5. The van der Waals surface area contributed by atoms with Crippen molar-refractivity contribution in [1.82, 2.24) is 5.32 Å². The molecule has 2 aliphatic carbocycles. The summed E-state index contributed by atoms with van der Waals surface area (Å²) in [7, 11) is -3.72. The van der Waals surface area contributed by atoms with Crippen LogP contribution in [0.1, 0.15) is 41.0 Å². The van der Waals surface area contributed by atoms with Crippen LogP contribution in [0.3, 0.4) is 0 Å². The first-order valence-electron chi connectivity index (χ1n) is 8.81. The van der Waals surface area contributed by atoms with E-state index < -0.39 is 14.6 Å². The van der Waals surface area contributed by atoms with Crippen molar-refractivity contribution in [2.45, 2.75) is 54.7 Å². The van der Waals surface area contributed by atoms with Crippen LogP contribution >= 0.6 is 22.9 Å². The molecule has 0 atom stereocenters. The van der Waals surface area contributed by atoms with Crippen molar-refractivity contribution in [2.24, 2.45) is 0 Å². The molecule has 1 heterocycles. The smallest absolute Gasteiger partial charge is 0.242 e. The molecule has 0 unspecified atom stereocenters. The van der Waals surface area contributed by atoms with Gasteiger partial charge in [-0.25, -0.2) is 8.42 Å². The summed E-state index contributed by atoms with van der Waals surface area (Å²) in [4.78, 5) is 15.4. The summed E-state index contributed by atoms with van der Waals surface area (Å²) >= 11 is 7.58. The van der Waals surface area contributed by atoms with Gasteiger partial charge >= 0.3 is 0 Å². The molecular weight excluding hydrogens is 390 g/mol. The van der Waals surface area contributed by atoms with Crippen LogP contribution in [0.2, 0.25) is 5.02 Å². The minimum absolute atomic E-state index is 0.154. The fourth-order valence-electron chi connectivity index (χ4n) is 3.54. The molecule has 7 heteroatoms. The van der Waals surface area contributed by atoms with Gasteiger partial charge in [0.25, 0.3) is 0 Å². The first-order chi connectivity index (χ1) is 12.4. The van der Waals surface area contributed by atoms with Gasteiger partial charge in [-0.1, -0.05) is 11.6 Å². The summed E-state index contributed by atoms with van der Waals surface area (Å²) in [6.07, 6.45) is 5.40. The van der Waals surface area contributed by atoms with Gasteiger partial charge < -0.3 is 5.32 Å². The fourth-order valence-corrected chi connectivity index (χ4v) is 6.77. The molecule has 1 aromatic carbocycles. The zero-order valence-electron chi connectivity index (χ0n) is 14.3. The topological polar surface area (TPSA) is 63.2 Å². The first-order valence-corrected chi connectivity index (χ1v) is 11.5. The summed E-state index contributed by atoms with van der Waals surface area (Å²) in [5.74, 6) is -0.390. The number of carbonyl (C=O) groups excluding carboxylic acids is 1. The number of thiophene rings is 1. The molecule has 0 bridgehead atoms. The summed E-state index contributed by atoms with van der Waals surface area (Å²) in [6, 6.07) is 8.18. The van der Waals surface area contributed by atoms with Gasteiger partial charge in [0.15, 0.2) is 14.6 Å². The van der Waals surface area contributed by atoms with Crippen LogP contribution in [0.25, 0.3) is 0 Å². The lowest BCUT2D eigenvalue weighted by atomic mass is 9.99. The average Bonchev–Trinajstić information content (AvgIpc) is 3.35. The van der Waals surface area contributed by atoms with Crippen molar-refractivity contribution < 1.29 is 13.2 Å². The fraction of sp³-hybridized carbons (Fsp3) is 0.421. The van der Waals surface area contributed by atoms with Crippen LogP contribution in [0.5, 0.6) is 0 Å². The number of sulfone groups is 1. The van der Waals surface area contributed by atoms with E-state index >= 15 is 0 Å². The quantitative estimate of drug-likeness (QED) is 0.814. The molecular formula is C19H20ClNO3S2. The summed E-state index contributed by atoms with van der Waals surface area (Å²) < 4.78 is 24.6. The van der Waals surface area contributed by atoms with E-state index in [0.717, 1.165) is 17.7 Å². The molecule has 2 aliphatic rings. The maximum absolute atomic E-state index is 12.9. The van der Waals surface area contributed by atoms with Gasteiger partial charge in [0.05, 0.1) is 11.4 Å². The highest BCUT2D eigenvalue weighted by atomic mass is 35.5. The minimum Gasteiger partial charge on any atom is -0.350 e. The molecule has 1 aromatic heterocycles. The predicted octanol–water partition coefficient (Wildman–Crippen LogP) is 3.90. The number of benzene rings is 1. The molecule has 138 valence electrons. The number of carbonyl (C=O) groups is 1. The van der Waals surface area contributed by atoms with E-state index in [1.165, 1.54) is 35.4 Å². The Kier molecular flexibility index (Phi) is 4.61. The third kappa shape index (κ3) is 3.08. The summed E-state index contributed by atoms with van der Waals surface area (Å²) in [5.41, 5.74) is 1.39. The molecule has 0 radical (unpaired) electrons. The van der Waals surface area contributed by atoms with Gasteiger partial charge in [-0.15, -0.1) is 11.3 Å². The molecule has 1 amide bonds. The highest BCUT2D eigenvalue weighted by Crippen LogP contribution is 2.47. The maximum Gasteiger partial charge on any atom is 0.242 e. The van der Waals surface area contributed by atoms with Crippen molar-refractivity contribution in [3.05, 3.63) is 50.7 Å². The second-order valence-corrected chi connectivity index (χ2v) is 10.9. The molecule has 0 spiro atoms. The van der Waals surface area contributed by atoms with E-state index in [1.807, 2.05) is 0 Å². The molecule has 4 rings (SSSR count). The second-order valence-electron chi connectivity index (χ2n) is 7.00. The molecule has 1 saturated carbocycles. The van der Waals surface area contributed by atoms with Gasteiger partial charge in [-0.2, -0.15) is 0 Å². The average molecular weight is 410 g/mol. The van der Waals surface area contributed by atoms with Gasteiger partial charge in [0, 0.05) is 14.8 Å². The minimum atomic E-state index is -3.72. The Morgan fingerprint density at radius 3 is 2.50 bits per heavy atom. The summed E-state index contributed by atoms with van der Waals surface area (Å²) in [5, 5.41) is 3.34. The van der Waals surface area contributed by atoms with E-state index in [2.05, 4.69) is 11.4 Å². The van der Waals surface area contributed by atoms with Crippen molar-refractivity contribution >= 4 is 38.7 Å². The van der Waals surface area contributed by atoms with E-state index in [0.29, 0.717) is 24.4 Å². The maximum atomic E-state index is 12.9. The van der Waals surface area contributed by atoms with E-state index in [4.69, 9.17) is 11.6 Å². The van der Waals surface area contributed by atoms with Crippen molar-refractivity contribution in [3.8, 4) is 0 Å². The van der Waals surface area contributed by atoms with Crippen LogP contribution in [-0.4, -0.2) is 19.1 Å². The number of hydrogen-bond donors (Lipinski definition) is 1. The largest absolute Gasteiger partial charge is 0.350 e. The number of amides is 1. The van der Waals surface area contributed by atoms with Crippen LogP contribution in [0.15, 0.2) is 35.2 Å². The molecule has 0 saturated heterocycles. The molecule has 26 heavy (non-hydrogen) atoms. The normalized spacial score (nSPS) is 18.2. The van der Waals surface area contributed by atoms with Crippen molar-refractivity contribution in [2.75, 3.05) is 0 Å². The standard InChI is InChI=1S/C19H20ClNO3S2/c20-14-5-7-16(8-6-14)26(23,24)19(9-10-19)18(22)21-12-15-11-13-3-1-2-4-17(13)25-15/h5-8,11H,1-4,9-10,12H2,(H,21,22). The predicted molar refractivity (Wildman–Crippen MR) is 103 cm³/mol. The number of hydrogen-bond acceptors (Lipinski definition) is 4. The number of aryl methyl sites for hydroxylation is 2. The Bertz CT molecular complexity index is 920. The third-order valence-electron chi connectivity index (χ3n) is 5.23. The number of halogens is 1. The highest BCUT2D eigenvalue weighted by Gasteiger charge is 2.61. The lowest BCUT2D eigenvalue weighted by molar-refractivity contribution is -0.121. The Morgan fingerprint density at radius 1 is 1.15 bits per heavy atom. The zero-order valence-corrected chi connectivity index (χ0v) is 16.6. The number of fused-ring (bicyclic) bond motifs is 1. The van der Waals surface area contributed by atoms with Crippen LogP contribution in [0, 0.1) is 0 Å². The van der Waals surface area contributed by atoms with Crippen LogP contribution < -0.4 is 5.32 Å². The Morgan fingerprint density at radius 2 is 1.85 bits per heavy atom. The Hall–Kier alpha value is -1.37. The van der Waals surface area contributed by atoms with Crippen molar-refractivity contribution in [1.29, 1.82) is 0 Å². The summed E-state index contributed by atoms with van der Waals surface area (Å²) in [6.45, 7) is 0.397. The first kappa shape index (κ1) is 18.0. The lowest BCUT2D eigenvalue weighted by Crippen LogP contribution is -2.41. The van der Waals surface area contributed by atoms with E-state index in [1.54, 1.807) is 23.5 Å².